The zero-order valence-corrected chi connectivity index (χ0v) is 17.0. The average molecular weight is 398 g/mol. The Morgan fingerprint density at radius 1 is 1.18 bits per heavy atom. The quantitative estimate of drug-likeness (QED) is 0.344. The zero-order chi connectivity index (χ0) is 20.4. The van der Waals surface area contributed by atoms with Gasteiger partial charge < -0.3 is 24.1 Å². The lowest BCUT2D eigenvalue weighted by Gasteiger charge is -2.29. The van der Waals surface area contributed by atoms with Crippen LogP contribution in [0.3, 0.4) is 0 Å². The van der Waals surface area contributed by atoms with Crippen LogP contribution in [0.5, 0.6) is 0 Å². The normalized spacial score (nSPS) is 30.5. The maximum Gasteiger partial charge on any atom is 0.305 e. The number of aliphatic hydroxyl groups excluding tert-OH is 1. The molecule has 0 aromatic carbocycles. The molecule has 2 fully saturated rings. The highest BCUT2D eigenvalue weighted by atomic mass is 16.7. The van der Waals surface area contributed by atoms with Gasteiger partial charge in [0.15, 0.2) is 6.29 Å². The van der Waals surface area contributed by atoms with Crippen LogP contribution in [0.25, 0.3) is 0 Å². The lowest BCUT2D eigenvalue weighted by molar-refractivity contribution is -0.198. The first-order chi connectivity index (χ1) is 13.5. The first-order valence-corrected chi connectivity index (χ1v) is 10.3. The van der Waals surface area contributed by atoms with Gasteiger partial charge in [-0.3, -0.25) is 9.59 Å². The number of aliphatic hydroxyl groups is 1. The molecule has 1 saturated carbocycles. The summed E-state index contributed by atoms with van der Waals surface area (Å²) in [6.45, 7) is 2.09. The fourth-order valence-electron chi connectivity index (χ4n) is 4.07. The number of esters is 2. The lowest BCUT2D eigenvalue weighted by atomic mass is 9.91. The minimum Gasteiger partial charge on any atom is -0.469 e. The summed E-state index contributed by atoms with van der Waals surface area (Å²) in [6, 6.07) is 0. The zero-order valence-electron chi connectivity index (χ0n) is 17.0. The molecule has 0 bridgehead atoms. The summed E-state index contributed by atoms with van der Waals surface area (Å²) in [6.07, 6.45) is 9.53. The van der Waals surface area contributed by atoms with E-state index in [9.17, 15) is 14.7 Å². The molecule has 1 aliphatic heterocycles. The fourth-order valence-corrected chi connectivity index (χ4v) is 4.07. The van der Waals surface area contributed by atoms with Crippen LogP contribution in [0.1, 0.15) is 58.3 Å². The van der Waals surface area contributed by atoms with E-state index < -0.39 is 0 Å². The van der Waals surface area contributed by atoms with E-state index in [0.29, 0.717) is 25.9 Å². The predicted molar refractivity (Wildman–Crippen MR) is 102 cm³/mol. The van der Waals surface area contributed by atoms with Crippen molar-refractivity contribution in [1.82, 2.24) is 0 Å². The molecular formula is C21H34O7. The van der Waals surface area contributed by atoms with Crippen molar-refractivity contribution in [2.24, 2.45) is 11.8 Å². The molecule has 28 heavy (non-hydrogen) atoms. The van der Waals surface area contributed by atoms with Gasteiger partial charge in [0, 0.05) is 44.8 Å². The van der Waals surface area contributed by atoms with Crippen molar-refractivity contribution < 1.29 is 33.6 Å². The van der Waals surface area contributed by atoms with Gasteiger partial charge in [0.2, 0.25) is 0 Å². The number of ether oxygens (including phenoxy) is 4. The third kappa shape index (κ3) is 7.18. The third-order valence-corrected chi connectivity index (χ3v) is 5.52. The second kappa shape index (κ2) is 12.2. The Balaban J connectivity index is 1.91. The van der Waals surface area contributed by atoms with E-state index in [1.807, 2.05) is 12.2 Å². The van der Waals surface area contributed by atoms with Crippen LogP contribution in [0, 0.1) is 11.8 Å². The van der Waals surface area contributed by atoms with E-state index >= 15 is 0 Å². The highest BCUT2D eigenvalue weighted by Crippen LogP contribution is 2.40. The van der Waals surface area contributed by atoms with Crippen molar-refractivity contribution >= 4 is 11.9 Å². The van der Waals surface area contributed by atoms with Crippen LogP contribution < -0.4 is 0 Å². The Morgan fingerprint density at radius 2 is 2.00 bits per heavy atom. The highest BCUT2D eigenvalue weighted by molar-refractivity contribution is 5.69. The molecule has 0 radical (unpaired) electrons. The molecule has 2 aliphatic rings. The Labute approximate surface area is 167 Å². The predicted octanol–water partition coefficient (Wildman–Crippen LogP) is 2.75. The number of allylic oxidation sites excluding steroid dienone is 2. The third-order valence-electron chi connectivity index (χ3n) is 5.52. The molecule has 0 amide bonds. The van der Waals surface area contributed by atoms with Crippen LogP contribution in [0.15, 0.2) is 12.2 Å². The molecule has 2 rings (SSSR count). The van der Waals surface area contributed by atoms with E-state index in [4.69, 9.17) is 14.2 Å². The maximum atomic E-state index is 11.5. The number of rotatable bonds is 10. The Kier molecular flexibility index (Phi) is 9.95. The van der Waals surface area contributed by atoms with Gasteiger partial charge in [0.25, 0.3) is 0 Å². The van der Waals surface area contributed by atoms with Crippen LogP contribution in [0.4, 0.5) is 0 Å². The molecule has 1 heterocycles. The summed E-state index contributed by atoms with van der Waals surface area (Å²) in [5.74, 6) is -0.623. The molecule has 7 nitrogen and oxygen atoms in total. The summed E-state index contributed by atoms with van der Waals surface area (Å²) in [5, 5.41) is 9.98. The summed E-state index contributed by atoms with van der Waals surface area (Å²) in [5.41, 5.74) is 0. The Hall–Kier alpha value is -1.44. The largest absolute Gasteiger partial charge is 0.469 e. The highest BCUT2D eigenvalue weighted by Gasteiger charge is 2.45. The number of carbonyl (C=O) groups is 2. The van der Waals surface area contributed by atoms with Crippen molar-refractivity contribution in [3.05, 3.63) is 12.2 Å². The molecule has 7 heteroatoms. The summed E-state index contributed by atoms with van der Waals surface area (Å²) < 4.78 is 22.0. The van der Waals surface area contributed by atoms with Crippen LogP contribution in [0.2, 0.25) is 0 Å². The molecule has 1 N–H and O–H groups in total. The minimum atomic E-state index is -0.316. The van der Waals surface area contributed by atoms with E-state index in [2.05, 4.69) is 4.74 Å². The Bertz CT molecular complexity index is 513. The molecule has 0 unspecified atom stereocenters. The standard InChI is InChI=1S/C21H34O7/c1-15(23)27-18-13-19(28-21-11-7-8-12-26-21)17(14-22)16(18)9-5-3-4-6-10-20(24)25-2/h3,5,16-19,21-22H,4,6-14H2,1-2H3/b5-3-/t16-,17-,18+,19-,21+/m1/s1. The first-order valence-electron chi connectivity index (χ1n) is 10.3. The van der Waals surface area contributed by atoms with E-state index in [1.54, 1.807) is 0 Å². The smallest absolute Gasteiger partial charge is 0.305 e. The Morgan fingerprint density at radius 3 is 2.64 bits per heavy atom. The maximum absolute atomic E-state index is 11.5. The lowest BCUT2D eigenvalue weighted by Crippen LogP contribution is -2.33. The van der Waals surface area contributed by atoms with Crippen LogP contribution in [-0.2, 0) is 28.5 Å². The summed E-state index contributed by atoms with van der Waals surface area (Å²) in [7, 11) is 1.39. The fraction of sp³-hybridized carbons (Fsp3) is 0.810. The van der Waals surface area contributed by atoms with Gasteiger partial charge in [-0.1, -0.05) is 12.2 Å². The topological polar surface area (TPSA) is 91.3 Å². The molecule has 1 aliphatic carbocycles. The van der Waals surface area contributed by atoms with Crippen molar-refractivity contribution in [2.45, 2.75) is 76.8 Å². The van der Waals surface area contributed by atoms with Crippen LogP contribution in [-0.4, -0.2) is 55.9 Å². The van der Waals surface area contributed by atoms with E-state index in [-0.39, 0.29) is 48.9 Å². The average Bonchev–Trinajstić information content (AvgIpc) is 3.00. The van der Waals surface area contributed by atoms with Gasteiger partial charge in [-0.05, 0) is 38.5 Å². The van der Waals surface area contributed by atoms with E-state index in [1.165, 1.54) is 14.0 Å². The second-order valence-electron chi connectivity index (χ2n) is 7.54. The summed E-state index contributed by atoms with van der Waals surface area (Å²) >= 11 is 0. The van der Waals surface area contributed by atoms with Gasteiger partial charge in [-0.2, -0.15) is 0 Å². The van der Waals surface area contributed by atoms with Gasteiger partial charge in [0.05, 0.1) is 13.2 Å². The van der Waals surface area contributed by atoms with Crippen LogP contribution >= 0.6 is 0 Å². The monoisotopic (exact) mass is 398 g/mol. The SMILES string of the molecule is COC(=O)CCC/C=C\C[C@@H]1[C@@H](CO)[C@H](O[C@H]2CCCCO2)C[C@@H]1OC(C)=O. The molecular weight excluding hydrogens is 364 g/mol. The first kappa shape index (κ1) is 22.8. The number of hydrogen-bond acceptors (Lipinski definition) is 7. The molecule has 160 valence electrons. The number of hydrogen-bond donors (Lipinski definition) is 1. The number of methoxy groups -OCH3 is 1. The van der Waals surface area contributed by atoms with Gasteiger partial charge in [0.1, 0.15) is 6.10 Å². The van der Waals surface area contributed by atoms with Crippen molar-refractivity contribution in [1.29, 1.82) is 0 Å². The molecule has 1 saturated heterocycles. The molecule has 0 aromatic rings. The van der Waals surface area contributed by atoms with Gasteiger partial charge in [-0.15, -0.1) is 0 Å². The van der Waals surface area contributed by atoms with Crippen molar-refractivity contribution in [3.63, 3.8) is 0 Å². The second-order valence-corrected chi connectivity index (χ2v) is 7.54. The number of carbonyl (C=O) groups excluding carboxylic acids is 2. The van der Waals surface area contributed by atoms with E-state index in [0.717, 1.165) is 32.1 Å². The molecule has 5 atom stereocenters. The van der Waals surface area contributed by atoms with Crippen molar-refractivity contribution in [2.75, 3.05) is 20.3 Å². The minimum absolute atomic E-state index is 0.000604. The molecule has 0 spiro atoms. The molecule has 0 aromatic heterocycles. The summed E-state index contributed by atoms with van der Waals surface area (Å²) in [4.78, 5) is 22.7. The van der Waals surface area contributed by atoms with Crippen molar-refractivity contribution in [3.8, 4) is 0 Å². The van der Waals surface area contributed by atoms with Gasteiger partial charge in [-0.25, -0.2) is 0 Å². The van der Waals surface area contributed by atoms with Gasteiger partial charge >= 0.3 is 11.9 Å². The number of unbranched alkanes of at least 4 members (excludes halogenated alkanes) is 1.